The van der Waals surface area contributed by atoms with E-state index < -0.39 is 0 Å². The fraction of sp³-hybridized carbons (Fsp3) is 0.423. The number of ether oxygens (including phenoxy) is 1. The lowest BCUT2D eigenvalue weighted by Gasteiger charge is -2.52. The molecule has 200 valence electrons. The number of amides is 2. The summed E-state index contributed by atoms with van der Waals surface area (Å²) in [5.41, 5.74) is 4.31. The highest BCUT2D eigenvalue weighted by molar-refractivity contribution is 7.20. The molecule has 0 radical (unpaired) electrons. The maximum absolute atomic E-state index is 12.4. The van der Waals surface area contributed by atoms with E-state index in [1.54, 1.807) is 30.5 Å². The Labute approximate surface area is 224 Å². The fourth-order valence-electron chi connectivity index (χ4n) is 4.82. The molecular formula is C26H32N8O3S. The number of rotatable bonds is 6. The largest absolute Gasteiger partial charge is 0.378 e. The molecule has 1 aliphatic heterocycles. The summed E-state index contributed by atoms with van der Waals surface area (Å²) < 4.78 is 9.32. The van der Waals surface area contributed by atoms with Crippen LogP contribution in [0.15, 0.2) is 37.1 Å². The van der Waals surface area contributed by atoms with Crippen molar-refractivity contribution in [2.75, 3.05) is 36.9 Å². The van der Waals surface area contributed by atoms with Crippen LogP contribution in [0.1, 0.15) is 30.5 Å². The Morgan fingerprint density at radius 3 is 2.74 bits per heavy atom. The summed E-state index contributed by atoms with van der Waals surface area (Å²) >= 11 is 1.74. The quantitative estimate of drug-likeness (QED) is 0.363. The van der Waals surface area contributed by atoms with Crippen LogP contribution in [0.2, 0.25) is 0 Å². The highest BCUT2D eigenvalue weighted by Crippen LogP contribution is 2.39. The molecule has 2 amide bonds. The standard InChI is InChI=1S/C16H22N4O3.C10H10N4S/c1-12-14(18-11-21)7-13(8-17-12)19-15(22)9-20-5-6-23-10-16(20)3-2-4-16;1-7-3-12-14-6-9(15-10(7)14)8-4-11-13(2)5-8/h7-8,11H,2-6,9-10H2,1H3,(H,18,21)(H,19,22);3-6H,1-2H3. The van der Waals surface area contributed by atoms with Gasteiger partial charge in [-0.1, -0.05) is 0 Å². The average molecular weight is 537 g/mol. The number of nitrogens with zero attached hydrogens (tertiary/aromatic N) is 6. The zero-order valence-electron chi connectivity index (χ0n) is 21.8. The summed E-state index contributed by atoms with van der Waals surface area (Å²) in [6.45, 7) is 6.41. The van der Waals surface area contributed by atoms with Crippen LogP contribution in [0.3, 0.4) is 0 Å². The summed E-state index contributed by atoms with van der Waals surface area (Å²) in [5.74, 6) is -0.0686. The minimum absolute atomic E-state index is 0.0609. The molecule has 1 saturated heterocycles. The van der Waals surface area contributed by atoms with Crippen molar-refractivity contribution in [3.05, 3.63) is 48.3 Å². The maximum atomic E-state index is 12.4. The topological polar surface area (TPSA) is 119 Å². The Bertz CT molecular complexity index is 1440. The number of aryl methyl sites for hydroxylation is 3. The molecule has 4 aromatic rings. The van der Waals surface area contributed by atoms with Crippen LogP contribution >= 0.6 is 11.3 Å². The molecule has 6 rings (SSSR count). The van der Waals surface area contributed by atoms with Crippen LogP contribution < -0.4 is 10.6 Å². The molecule has 1 spiro atoms. The van der Waals surface area contributed by atoms with Gasteiger partial charge in [-0.3, -0.25) is 24.2 Å². The van der Waals surface area contributed by atoms with E-state index in [-0.39, 0.29) is 11.4 Å². The van der Waals surface area contributed by atoms with Crippen molar-refractivity contribution in [2.24, 2.45) is 7.05 Å². The molecular weight excluding hydrogens is 504 g/mol. The van der Waals surface area contributed by atoms with Crippen molar-refractivity contribution < 1.29 is 14.3 Å². The first-order chi connectivity index (χ1) is 18.4. The number of morpholine rings is 1. The summed E-state index contributed by atoms with van der Waals surface area (Å²) in [6, 6.07) is 1.72. The van der Waals surface area contributed by atoms with E-state index in [1.165, 1.54) is 21.7 Å². The third-order valence-electron chi connectivity index (χ3n) is 7.11. The molecule has 38 heavy (non-hydrogen) atoms. The van der Waals surface area contributed by atoms with Gasteiger partial charge in [0.15, 0.2) is 0 Å². The van der Waals surface area contributed by atoms with E-state index >= 15 is 0 Å². The van der Waals surface area contributed by atoms with Crippen molar-refractivity contribution in [2.45, 2.75) is 38.6 Å². The van der Waals surface area contributed by atoms with E-state index in [1.807, 2.05) is 41.0 Å². The lowest BCUT2D eigenvalue weighted by Crippen LogP contribution is -2.62. The van der Waals surface area contributed by atoms with Gasteiger partial charge in [0.05, 0.1) is 60.3 Å². The molecule has 0 aromatic carbocycles. The zero-order valence-corrected chi connectivity index (χ0v) is 22.6. The molecule has 12 heteroatoms. The van der Waals surface area contributed by atoms with E-state index in [9.17, 15) is 9.59 Å². The van der Waals surface area contributed by atoms with Crippen LogP contribution in [0, 0.1) is 13.8 Å². The van der Waals surface area contributed by atoms with E-state index in [0.717, 1.165) is 31.6 Å². The van der Waals surface area contributed by atoms with Gasteiger partial charge in [-0.25, -0.2) is 4.52 Å². The SMILES string of the molecule is Cc1cnn2cc(-c3cnn(C)c3)sc12.Cc1ncc(NC(=O)CN2CCOCC23CCC3)cc1NC=O. The predicted octanol–water partition coefficient (Wildman–Crippen LogP) is 3.26. The van der Waals surface area contributed by atoms with Gasteiger partial charge in [-0.2, -0.15) is 10.2 Å². The van der Waals surface area contributed by atoms with Gasteiger partial charge in [0.2, 0.25) is 12.3 Å². The van der Waals surface area contributed by atoms with E-state index in [4.69, 9.17) is 4.74 Å². The van der Waals surface area contributed by atoms with Crippen molar-refractivity contribution in [3.63, 3.8) is 0 Å². The van der Waals surface area contributed by atoms with Gasteiger partial charge < -0.3 is 15.4 Å². The molecule has 1 saturated carbocycles. The molecule has 2 aliphatic rings. The Morgan fingerprint density at radius 2 is 2.05 bits per heavy atom. The monoisotopic (exact) mass is 536 g/mol. The number of carbonyl (C=O) groups excluding carboxylic acids is 2. The Hall–Kier alpha value is -3.61. The minimum Gasteiger partial charge on any atom is -0.378 e. The summed E-state index contributed by atoms with van der Waals surface area (Å²) in [7, 11) is 1.92. The molecule has 4 aromatic heterocycles. The highest BCUT2D eigenvalue weighted by Gasteiger charge is 2.45. The number of thiazole rings is 1. The van der Waals surface area contributed by atoms with Crippen LogP contribution in [0.25, 0.3) is 15.3 Å². The molecule has 0 atom stereocenters. The average Bonchev–Trinajstić information content (AvgIpc) is 3.58. The Balaban J connectivity index is 0.000000168. The van der Waals surface area contributed by atoms with Gasteiger partial charge in [0, 0.05) is 42.7 Å². The van der Waals surface area contributed by atoms with Crippen molar-refractivity contribution >= 4 is 39.9 Å². The third-order valence-corrected chi connectivity index (χ3v) is 8.37. The number of hydrogen-bond acceptors (Lipinski definition) is 8. The smallest absolute Gasteiger partial charge is 0.238 e. The normalized spacial score (nSPS) is 16.5. The second kappa shape index (κ2) is 11.0. The van der Waals surface area contributed by atoms with Gasteiger partial charge in [-0.15, -0.1) is 11.3 Å². The van der Waals surface area contributed by atoms with Gasteiger partial charge >= 0.3 is 0 Å². The number of carbonyl (C=O) groups is 2. The number of anilines is 2. The highest BCUT2D eigenvalue weighted by atomic mass is 32.1. The molecule has 0 bridgehead atoms. The van der Waals surface area contributed by atoms with E-state index in [2.05, 4.69) is 37.6 Å². The lowest BCUT2D eigenvalue weighted by atomic mass is 9.75. The molecule has 2 N–H and O–H groups in total. The van der Waals surface area contributed by atoms with Crippen molar-refractivity contribution in [3.8, 4) is 10.4 Å². The zero-order chi connectivity index (χ0) is 26.7. The summed E-state index contributed by atoms with van der Waals surface area (Å²) in [5, 5.41) is 13.9. The van der Waals surface area contributed by atoms with Crippen molar-refractivity contribution in [1.82, 2.24) is 29.3 Å². The minimum atomic E-state index is -0.0686. The predicted molar refractivity (Wildman–Crippen MR) is 146 cm³/mol. The molecule has 5 heterocycles. The van der Waals surface area contributed by atoms with Gasteiger partial charge in [0.1, 0.15) is 4.83 Å². The second-order valence-corrected chi connectivity index (χ2v) is 10.8. The van der Waals surface area contributed by atoms with Crippen LogP contribution in [-0.2, 0) is 21.4 Å². The van der Waals surface area contributed by atoms with Gasteiger partial charge in [0.25, 0.3) is 0 Å². The number of pyridine rings is 1. The molecule has 0 unspecified atom stereocenters. The Morgan fingerprint density at radius 1 is 1.21 bits per heavy atom. The van der Waals surface area contributed by atoms with Crippen LogP contribution in [0.5, 0.6) is 0 Å². The molecule has 11 nitrogen and oxygen atoms in total. The number of nitrogens with one attached hydrogen (secondary N) is 2. The van der Waals surface area contributed by atoms with Crippen LogP contribution in [0.4, 0.5) is 11.4 Å². The second-order valence-electron chi connectivity index (χ2n) is 9.79. The number of aromatic nitrogens is 5. The van der Waals surface area contributed by atoms with Gasteiger partial charge in [-0.05, 0) is 39.2 Å². The molecule has 2 fully saturated rings. The summed E-state index contributed by atoms with van der Waals surface area (Å²) in [6.07, 6.45) is 13.4. The third kappa shape index (κ3) is 5.47. The number of fused-ring (bicyclic) bond motifs is 1. The van der Waals surface area contributed by atoms with Crippen LogP contribution in [-0.4, -0.2) is 73.4 Å². The molecule has 1 aliphatic carbocycles. The van der Waals surface area contributed by atoms with Crippen molar-refractivity contribution in [1.29, 1.82) is 0 Å². The fourth-order valence-corrected chi connectivity index (χ4v) is 5.81. The Kier molecular flexibility index (Phi) is 7.54. The first-order valence-corrected chi connectivity index (χ1v) is 13.4. The maximum Gasteiger partial charge on any atom is 0.238 e. The first kappa shape index (κ1) is 26.0. The summed E-state index contributed by atoms with van der Waals surface area (Å²) in [4.78, 5) is 31.8. The van der Waals surface area contributed by atoms with E-state index in [0.29, 0.717) is 36.6 Å². The lowest BCUT2D eigenvalue weighted by molar-refractivity contribution is -0.131. The number of hydrogen-bond donors (Lipinski definition) is 2. The first-order valence-electron chi connectivity index (χ1n) is 12.6.